The molecule has 3 aromatic rings. The van der Waals surface area contributed by atoms with Crippen LogP contribution in [0.25, 0.3) is 0 Å². The molecule has 2 aliphatic heterocycles. The van der Waals surface area contributed by atoms with E-state index in [0.717, 1.165) is 30.2 Å². The lowest BCUT2D eigenvalue weighted by molar-refractivity contribution is -0.122. The summed E-state index contributed by atoms with van der Waals surface area (Å²) >= 11 is 0. The van der Waals surface area contributed by atoms with E-state index in [0.29, 0.717) is 44.1 Å². The van der Waals surface area contributed by atoms with Gasteiger partial charge in [0.05, 0.1) is 24.1 Å². The number of benzene rings is 1. The lowest BCUT2D eigenvalue weighted by Crippen LogP contribution is -2.52. The Morgan fingerprint density at radius 1 is 1.08 bits per heavy atom. The third kappa shape index (κ3) is 4.54. The summed E-state index contributed by atoms with van der Waals surface area (Å²) in [5.41, 5.74) is -1.49. The number of rotatable bonds is 6. The number of nitrogens with zero attached hydrogens (tertiary/aromatic N) is 3. The molecule has 1 amide bonds. The van der Waals surface area contributed by atoms with Crippen LogP contribution in [0.5, 0.6) is 0 Å². The lowest BCUT2D eigenvalue weighted by atomic mass is 9.84. The van der Waals surface area contributed by atoms with E-state index in [1.54, 1.807) is 12.3 Å². The summed E-state index contributed by atoms with van der Waals surface area (Å²) in [6.45, 7) is 3.06. The number of carbonyl (C=O) groups is 1. The quantitative estimate of drug-likeness (QED) is 0.472. The highest BCUT2D eigenvalue weighted by atomic mass is 19.3. The predicted octanol–water partition coefficient (Wildman–Crippen LogP) is 4.56. The first kappa shape index (κ1) is 26.2. The lowest BCUT2D eigenvalue weighted by Gasteiger charge is -2.39. The van der Waals surface area contributed by atoms with Gasteiger partial charge in [0.15, 0.2) is 17.2 Å². The van der Waals surface area contributed by atoms with Gasteiger partial charge in [-0.3, -0.25) is 19.7 Å². The maximum Gasteiger partial charge on any atom is 0.271 e. The van der Waals surface area contributed by atoms with Crippen LogP contribution >= 0.6 is 0 Å². The molecule has 0 aliphatic carbocycles. The number of aromatic nitrogens is 2. The van der Waals surface area contributed by atoms with Gasteiger partial charge < -0.3 is 10.1 Å². The molecule has 38 heavy (non-hydrogen) atoms. The molecule has 2 aromatic heterocycles. The van der Waals surface area contributed by atoms with Crippen molar-refractivity contribution in [1.82, 2.24) is 20.2 Å². The SMILES string of the molecule is CC(=O)NC(c1ccc(F)c(F)c1)(c1ccc(CN2CCC3(CC2)OCc2c(F)cncc23)cn1)C(F)F. The molecule has 11 heteroatoms. The topological polar surface area (TPSA) is 67.4 Å². The van der Waals surface area contributed by atoms with E-state index in [2.05, 4.69) is 20.2 Å². The molecule has 0 radical (unpaired) electrons. The second kappa shape index (κ2) is 10.0. The molecule has 1 aromatic carbocycles. The van der Waals surface area contributed by atoms with Crippen LogP contribution in [-0.4, -0.2) is 40.3 Å². The summed E-state index contributed by atoms with van der Waals surface area (Å²) in [6, 6.07) is 5.35. The van der Waals surface area contributed by atoms with Crippen LogP contribution in [0.15, 0.2) is 48.9 Å². The van der Waals surface area contributed by atoms with Crippen molar-refractivity contribution in [2.45, 2.75) is 50.5 Å². The summed E-state index contributed by atoms with van der Waals surface area (Å²) in [7, 11) is 0. The molecule has 1 spiro atoms. The zero-order chi connectivity index (χ0) is 27.1. The minimum atomic E-state index is -3.21. The number of carbonyl (C=O) groups excluding carboxylic acids is 1. The fourth-order valence-corrected chi connectivity index (χ4v) is 5.38. The Morgan fingerprint density at radius 3 is 2.47 bits per heavy atom. The average molecular weight is 533 g/mol. The van der Waals surface area contributed by atoms with E-state index in [9.17, 15) is 26.7 Å². The maximum atomic E-state index is 14.5. The van der Waals surface area contributed by atoms with Crippen LogP contribution in [0.3, 0.4) is 0 Å². The molecule has 6 nitrogen and oxygen atoms in total. The molecule has 1 atom stereocenters. The molecule has 4 heterocycles. The van der Waals surface area contributed by atoms with Gasteiger partial charge in [0.2, 0.25) is 5.91 Å². The number of ether oxygens (including phenoxy) is 1. The smallest absolute Gasteiger partial charge is 0.271 e. The summed E-state index contributed by atoms with van der Waals surface area (Å²) in [5.74, 6) is -3.66. The Balaban J connectivity index is 1.34. The van der Waals surface area contributed by atoms with Crippen LogP contribution in [-0.2, 0) is 33.8 Å². The average Bonchev–Trinajstić information content (AvgIpc) is 3.25. The molecular formula is C27H25F5N4O2. The van der Waals surface area contributed by atoms with Gasteiger partial charge in [-0.1, -0.05) is 12.1 Å². The summed E-state index contributed by atoms with van der Waals surface area (Å²) in [6.07, 6.45) is 2.36. The molecule has 5 rings (SSSR count). The Kier molecular flexibility index (Phi) is 6.91. The van der Waals surface area contributed by atoms with E-state index in [1.165, 1.54) is 18.5 Å². The van der Waals surface area contributed by atoms with Gasteiger partial charge in [-0.05, 0) is 42.2 Å². The first-order valence-corrected chi connectivity index (χ1v) is 12.1. The fraction of sp³-hybridized carbons (Fsp3) is 0.370. The van der Waals surface area contributed by atoms with Gasteiger partial charge in [0, 0.05) is 50.1 Å². The third-order valence-corrected chi connectivity index (χ3v) is 7.36. The Labute approximate surface area is 215 Å². The van der Waals surface area contributed by atoms with Crippen LogP contribution in [0, 0.1) is 17.5 Å². The summed E-state index contributed by atoms with van der Waals surface area (Å²) in [5, 5.41) is 2.22. The predicted molar refractivity (Wildman–Crippen MR) is 126 cm³/mol. The number of nitrogens with one attached hydrogen (secondary N) is 1. The number of alkyl halides is 2. The molecule has 2 aliphatic rings. The van der Waals surface area contributed by atoms with E-state index < -0.39 is 35.1 Å². The van der Waals surface area contributed by atoms with Gasteiger partial charge in [0.1, 0.15) is 5.82 Å². The molecule has 1 N–H and O–H groups in total. The van der Waals surface area contributed by atoms with Crippen molar-refractivity contribution in [3.8, 4) is 0 Å². The second-order valence-electron chi connectivity index (χ2n) is 9.68. The number of piperidine rings is 1. The highest BCUT2D eigenvalue weighted by molar-refractivity contribution is 5.75. The Hall–Kier alpha value is -3.44. The molecule has 1 unspecified atom stereocenters. The minimum absolute atomic E-state index is 0.208. The van der Waals surface area contributed by atoms with Crippen molar-refractivity contribution in [3.05, 3.63) is 94.3 Å². The Morgan fingerprint density at radius 2 is 1.84 bits per heavy atom. The molecule has 0 saturated carbocycles. The van der Waals surface area contributed by atoms with E-state index in [4.69, 9.17) is 4.74 Å². The van der Waals surface area contributed by atoms with Gasteiger partial charge in [-0.25, -0.2) is 22.0 Å². The Bertz CT molecular complexity index is 1350. The van der Waals surface area contributed by atoms with Crippen LogP contribution < -0.4 is 5.32 Å². The number of hydrogen-bond donors (Lipinski definition) is 1. The molecule has 0 bridgehead atoms. The van der Waals surface area contributed by atoms with Crippen molar-refractivity contribution >= 4 is 5.91 Å². The highest BCUT2D eigenvalue weighted by Crippen LogP contribution is 2.44. The van der Waals surface area contributed by atoms with Crippen molar-refractivity contribution in [3.63, 3.8) is 0 Å². The zero-order valence-electron chi connectivity index (χ0n) is 20.5. The van der Waals surface area contributed by atoms with Crippen molar-refractivity contribution < 1.29 is 31.5 Å². The largest absolute Gasteiger partial charge is 0.365 e. The van der Waals surface area contributed by atoms with Crippen molar-refractivity contribution in [1.29, 1.82) is 0 Å². The molecule has 1 saturated heterocycles. The van der Waals surface area contributed by atoms with Crippen LogP contribution in [0.2, 0.25) is 0 Å². The fourth-order valence-electron chi connectivity index (χ4n) is 5.38. The monoisotopic (exact) mass is 532 g/mol. The minimum Gasteiger partial charge on any atom is -0.365 e. The molecule has 200 valence electrons. The zero-order valence-corrected chi connectivity index (χ0v) is 20.5. The van der Waals surface area contributed by atoms with Gasteiger partial charge >= 0.3 is 0 Å². The summed E-state index contributed by atoms with van der Waals surface area (Å²) < 4.78 is 76.7. The first-order valence-electron chi connectivity index (χ1n) is 12.1. The van der Waals surface area contributed by atoms with E-state index in [-0.39, 0.29) is 23.7 Å². The van der Waals surface area contributed by atoms with Gasteiger partial charge in [0.25, 0.3) is 6.43 Å². The van der Waals surface area contributed by atoms with E-state index in [1.807, 2.05) is 0 Å². The second-order valence-corrected chi connectivity index (χ2v) is 9.68. The molecule has 1 fully saturated rings. The third-order valence-electron chi connectivity index (χ3n) is 7.36. The van der Waals surface area contributed by atoms with Gasteiger partial charge in [-0.15, -0.1) is 0 Å². The number of hydrogen-bond acceptors (Lipinski definition) is 5. The maximum absolute atomic E-state index is 14.5. The summed E-state index contributed by atoms with van der Waals surface area (Å²) in [4.78, 5) is 22.3. The number of amides is 1. The van der Waals surface area contributed by atoms with Gasteiger partial charge in [-0.2, -0.15) is 0 Å². The first-order chi connectivity index (χ1) is 18.1. The molecular weight excluding hydrogens is 507 g/mol. The normalized spacial score (nSPS) is 18.4. The number of halogens is 5. The van der Waals surface area contributed by atoms with Crippen LogP contribution in [0.4, 0.5) is 22.0 Å². The number of fused-ring (bicyclic) bond motifs is 2. The van der Waals surface area contributed by atoms with E-state index >= 15 is 0 Å². The van der Waals surface area contributed by atoms with Crippen molar-refractivity contribution in [2.75, 3.05) is 13.1 Å². The van der Waals surface area contributed by atoms with Crippen molar-refractivity contribution in [2.24, 2.45) is 0 Å². The number of pyridine rings is 2. The number of likely N-dealkylation sites (tertiary alicyclic amines) is 1. The standard InChI is InChI=1S/C27H25F5N4O2/c1-16(37)35-27(25(31)32,18-3-4-21(28)22(29)10-18)24-5-2-17(11-34-24)14-36-8-6-26(7-9-36)20-12-33-13-23(30)19(20)15-38-26/h2-5,10-13,25H,6-9,14-15H2,1H3,(H,35,37). The van der Waals surface area contributed by atoms with Crippen LogP contribution in [0.1, 0.15) is 47.7 Å². The highest BCUT2D eigenvalue weighted by Gasteiger charge is 2.47.